The molecule has 18 heavy (non-hydrogen) atoms. The summed E-state index contributed by atoms with van der Waals surface area (Å²) in [7, 11) is 0. The molecule has 1 heterocycles. The van der Waals surface area contributed by atoms with Gasteiger partial charge in [0.2, 0.25) is 0 Å². The van der Waals surface area contributed by atoms with Crippen molar-refractivity contribution in [2.75, 3.05) is 39.5 Å². The molecule has 0 bridgehead atoms. The molecule has 1 aliphatic heterocycles. The largest absolute Gasteiger partial charge is 0.494 e. The smallest absolute Gasteiger partial charge is 0.119 e. The van der Waals surface area contributed by atoms with Gasteiger partial charge in [0.25, 0.3) is 0 Å². The lowest BCUT2D eigenvalue weighted by molar-refractivity contribution is 0.0368. The van der Waals surface area contributed by atoms with Crippen molar-refractivity contribution in [1.82, 2.24) is 4.90 Å². The highest BCUT2D eigenvalue weighted by Gasteiger charge is 2.08. The van der Waals surface area contributed by atoms with E-state index in [1.54, 1.807) is 0 Å². The van der Waals surface area contributed by atoms with Gasteiger partial charge in [0, 0.05) is 16.7 Å². The number of rotatable bonds is 6. The number of benzene rings is 1. The molecule has 1 saturated heterocycles. The van der Waals surface area contributed by atoms with Crippen LogP contribution in [-0.2, 0) is 4.74 Å². The van der Waals surface area contributed by atoms with Crippen LogP contribution in [0.3, 0.4) is 0 Å². The van der Waals surface area contributed by atoms with Crippen LogP contribution in [0.25, 0.3) is 0 Å². The summed E-state index contributed by atoms with van der Waals surface area (Å²) < 4.78 is 12.3. The van der Waals surface area contributed by atoms with Gasteiger partial charge in [0.1, 0.15) is 5.75 Å². The molecule has 1 aromatic rings. The second-order valence-corrected chi connectivity index (χ2v) is 5.71. The highest BCUT2D eigenvalue weighted by atomic mass is 127. The van der Waals surface area contributed by atoms with Crippen molar-refractivity contribution in [3.8, 4) is 5.75 Å². The molecule has 1 fully saturated rings. The fourth-order valence-corrected chi connectivity index (χ4v) is 2.34. The van der Waals surface area contributed by atoms with Crippen LogP contribution < -0.4 is 4.74 Å². The highest BCUT2D eigenvalue weighted by Crippen LogP contribution is 2.13. The van der Waals surface area contributed by atoms with E-state index in [-0.39, 0.29) is 0 Å². The minimum absolute atomic E-state index is 0.810. The third kappa shape index (κ3) is 5.12. The summed E-state index contributed by atoms with van der Waals surface area (Å²) in [5.74, 6) is 0.974. The third-order valence-electron chi connectivity index (χ3n) is 3.05. The average molecular weight is 361 g/mol. The van der Waals surface area contributed by atoms with Crippen molar-refractivity contribution < 1.29 is 9.47 Å². The molecule has 1 aromatic carbocycles. The fraction of sp³-hybridized carbons (Fsp3) is 0.571. The van der Waals surface area contributed by atoms with Crippen LogP contribution in [0.1, 0.15) is 12.8 Å². The Bertz CT molecular complexity index is 336. The van der Waals surface area contributed by atoms with Crippen LogP contribution >= 0.6 is 22.6 Å². The van der Waals surface area contributed by atoms with Crippen molar-refractivity contribution >= 4 is 22.6 Å². The normalized spacial score (nSPS) is 16.7. The van der Waals surface area contributed by atoms with Gasteiger partial charge in [-0.1, -0.05) is 0 Å². The molecule has 3 nitrogen and oxygen atoms in total. The van der Waals surface area contributed by atoms with Crippen molar-refractivity contribution in [3.63, 3.8) is 0 Å². The molecule has 0 N–H and O–H groups in total. The summed E-state index contributed by atoms with van der Waals surface area (Å²) in [5, 5.41) is 0. The van der Waals surface area contributed by atoms with Crippen molar-refractivity contribution in [3.05, 3.63) is 27.8 Å². The van der Waals surface area contributed by atoms with Gasteiger partial charge in [0.15, 0.2) is 0 Å². The summed E-state index contributed by atoms with van der Waals surface area (Å²) in [6.07, 6.45) is 2.31. The quantitative estimate of drug-likeness (QED) is 0.575. The summed E-state index contributed by atoms with van der Waals surface area (Å²) in [6, 6.07) is 8.21. The van der Waals surface area contributed by atoms with Gasteiger partial charge < -0.3 is 9.47 Å². The van der Waals surface area contributed by atoms with E-state index in [0.717, 1.165) is 45.1 Å². The Labute approximate surface area is 123 Å². The molecule has 0 unspecified atom stereocenters. The molecule has 2 rings (SSSR count). The maximum atomic E-state index is 5.70. The van der Waals surface area contributed by atoms with E-state index in [9.17, 15) is 0 Å². The topological polar surface area (TPSA) is 21.7 Å². The lowest BCUT2D eigenvalue weighted by atomic mass is 10.3. The van der Waals surface area contributed by atoms with E-state index in [0.29, 0.717) is 0 Å². The molecule has 4 heteroatoms. The summed E-state index contributed by atoms with van der Waals surface area (Å²) >= 11 is 2.30. The van der Waals surface area contributed by atoms with Crippen LogP contribution in [0.4, 0.5) is 0 Å². The Morgan fingerprint density at radius 3 is 2.56 bits per heavy atom. The number of hydrogen-bond acceptors (Lipinski definition) is 3. The Morgan fingerprint density at radius 2 is 1.83 bits per heavy atom. The summed E-state index contributed by atoms with van der Waals surface area (Å²) in [5.41, 5.74) is 0. The maximum Gasteiger partial charge on any atom is 0.119 e. The zero-order chi connectivity index (χ0) is 12.6. The molecule has 0 aromatic heterocycles. The molecule has 0 spiro atoms. The zero-order valence-corrected chi connectivity index (χ0v) is 12.8. The van der Waals surface area contributed by atoms with Crippen molar-refractivity contribution in [2.24, 2.45) is 0 Å². The minimum Gasteiger partial charge on any atom is -0.494 e. The Morgan fingerprint density at radius 1 is 1.11 bits per heavy atom. The molecule has 0 amide bonds. The van der Waals surface area contributed by atoms with Gasteiger partial charge in [-0.25, -0.2) is 0 Å². The van der Waals surface area contributed by atoms with E-state index in [4.69, 9.17) is 9.47 Å². The third-order valence-corrected chi connectivity index (χ3v) is 3.77. The van der Waals surface area contributed by atoms with E-state index in [2.05, 4.69) is 39.6 Å². The van der Waals surface area contributed by atoms with Crippen molar-refractivity contribution in [1.29, 1.82) is 0 Å². The molecule has 0 atom stereocenters. The molecular weight excluding hydrogens is 341 g/mol. The number of ether oxygens (including phenoxy) is 2. The van der Waals surface area contributed by atoms with Crippen LogP contribution in [0, 0.1) is 3.57 Å². The lowest BCUT2D eigenvalue weighted by Gasteiger charge is -2.26. The molecule has 0 saturated carbocycles. The molecule has 100 valence electrons. The maximum absolute atomic E-state index is 5.70. The predicted octanol–water partition coefficient (Wildman–Crippen LogP) is 2.78. The highest BCUT2D eigenvalue weighted by molar-refractivity contribution is 14.1. The summed E-state index contributed by atoms with van der Waals surface area (Å²) in [6.45, 7) is 5.92. The first-order valence-electron chi connectivity index (χ1n) is 6.53. The van der Waals surface area contributed by atoms with Crippen LogP contribution in [0.15, 0.2) is 24.3 Å². The van der Waals surface area contributed by atoms with Gasteiger partial charge in [-0.15, -0.1) is 0 Å². The van der Waals surface area contributed by atoms with Gasteiger partial charge in [-0.05, 0) is 66.2 Å². The van der Waals surface area contributed by atoms with E-state index < -0.39 is 0 Å². The van der Waals surface area contributed by atoms with Gasteiger partial charge in [-0.3, -0.25) is 4.90 Å². The standard InChI is InChI=1S/C14H20INO2/c15-13-3-5-14(6-4-13)18-10-2-1-7-16-8-11-17-12-9-16/h3-6H,1-2,7-12H2. The Kier molecular flexibility index (Phi) is 6.23. The summed E-state index contributed by atoms with van der Waals surface area (Å²) in [4.78, 5) is 2.47. The second-order valence-electron chi connectivity index (χ2n) is 4.46. The minimum atomic E-state index is 0.810. The van der Waals surface area contributed by atoms with Crippen LogP contribution in [0.5, 0.6) is 5.75 Å². The first kappa shape index (κ1) is 14.1. The average Bonchev–Trinajstić information content (AvgIpc) is 2.42. The molecule has 0 aliphatic carbocycles. The van der Waals surface area contributed by atoms with E-state index in [1.807, 2.05) is 12.1 Å². The lowest BCUT2D eigenvalue weighted by Crippen LogP contribution is -2.36. The number of hydrogen-bond donors (Lipinski definition) is 0. The molecule has 1 aliphatic rings. The monoisotopic (exact) mass is 361 g/mol. The van der Waals surface area contributed by atoms with Crippen molar-refractivity contribution in [2.45, 2.75) is 12.8 Å². The first-order chi connectivity index (χ1) is 8.84. The number of nitrogens with zero attached hydrogens (tertiary/aromatic N) is 1. The SMILES string of the molecule is Ic1ccc(OCCCCN2CCOCC2)cc1. The molecule has 0 radical (unpaired) electrons. The van der Waals surface area contributed by atoms with Crippen LogP contribution in [-0.4, -0.2) is 44.4 Å². The van der Waals surface area contributed by atoms with Crippen LogP contribution in [0.2, 0.25) is 0 Å². The van der Waals surface area contributed by atoms with E-state index >= 15 is 0 Å². The molecular formula is C14H20INO2. The van der Waals surface area contributed by atoms with Gasteiger partial charge in [0.05, 0.1) is 19.8 Å². The van der Waals surface area contributed by atoms with Gasteiger partial charge >= 0.3 is 0 Å². The first-order valence-corrected chi connectivity index (χ1v) is 7.61. The number of unbranched alkanes of at least 4 members (excludes halogenated alkanes) is 1. The fourth-order valence-electron chi connectivity index (χ4n) is 1.98. The Balaban J connectivity index is 1.54. The predicted molar refractivity (Wildman–Crippen MR) is 81.1 cm³/mol. The Hall–Kier alpha value is -0.330. The van der Waals surface area contributed by atoms with E-state index in [1.165, 1.54) is 16.5 Å². The van der Waals surface area contributed by atoms with Gasteiger partial charge in [-0.2, -0.15) is 0 Å². The number of halogens is 1. The zero-order valence-electron chi connectivity index (χ0n) is 10.6. The number of morpholine rings is 1. The second kappa shape index (κ2) is 7.96.